The molecule has 2 N–H and O–H groups in total. The van der Waals surface area contributed by atoms with Crippen LogP contribution in [0.15, 0.2) is 0 Å². The molecule has 1 unspecified atom stereocenters. The Hall–Kier alpha value is -0.120. The Balaban J connectivity index is 4.18. The second kappa shape index (κ2) is 7.34. The normalized spacial score (nSPS) is 15.0. The van der Waals surface area contributed by atoms with Crippen molar-refractivity contribution < 1.29 is 9.84 Å². The van der Waals surface area contributed by atoms with Crippen LogP contribution < -0.4 is 5.32 Å². The van der Waals surface area contributed by atoms with E-state index in [4.69, 9.17) is 4.74 Å². The van der Waals surface area contributed by atoms with Crippen LogP contribution in [0, 0.1) is 5.41 Å². The molecule has 0 aromatic rings. The van der Waals surface area contributed by atoms with Gasteiger partial charge in [0, 0.05) is 31.7 Å². The van der Waals surface area contributed by atoms with Crippen LogP contribution in [0.4, 0.5) is 0 Å². The van der Waals surface area contributed by atoms with Gasteiger partial charge in [-0.05, 0) is 40.0 Å². The van der Waals surface area contributed by atoms with Crippen LogP contribution in [0.3, 0.4) is 0 Å². The Kier molecular flexibility index (Phi) is 7.29. The van der Waals surface area contributed by atoms with Crippen molar-refractivity contribution >= 4 is 0 Å². The van der Waals surface area contributed by atoms with E-state index in [1.54, 1.807) is 7.11 Å². The lowest BCUT2D eigenvalue weighted by Crippen LogP contribution is -2.43. The molecule has 0 fully saturated rings. The average molecular weight is 245 g/mol. The molecule has 0 rings (SSSR count). The van der Waals surface area contributed by atoms with Crippen LogP contribution in [0.2, 0.25) is 0 Å². The van der Waals surface area contributed by atoms with Crippen LogP contribution >= 0.6 is 0 Å². The highest BCUT2D eigenvalue weighted by atomic mass is 16.5. The van der Waals surface area contributed by atoms with E-state index in [-0.39, 0.29) is 17.6 Å². The molecule has 0 saturated carbocycles. The first-order valence-corrected chi connectivity index (χ1v) is 6.74. The highest BCUT2D eigenvalue weighted by molar-refractivity contribution is 4.82. The van der Waals surface area contributed by atoms with E-state index < -0.39 is 0 Å². The summed E-state index contributed by atoms with van der Waals surface area (Å²) < 4.78 is 5.43. The summed E-state index contributed by atoms with van der Waals surface area (Å²) in [5.41, 5.74) is -0.0573. The second-order valence-electron chi connectivity index (χ2n) is 5.82. The van der Waals surface area contributed by atoms with Gasteiger partial charge in [0.15, 0.2) is 0 Å². The van der Waals surface area contributed by atoms with E-state index in [1.807, 2.05) is 0 Å². The molecular weight excluding hydrogens is 214 g/mol. The lowest BCUT2D eigenvalue weighted by Gasteiger charge is -2.33. The molecule has 3 heteroatoms. The van der Waals surface area contributed by atoms with Crippen LogP contribution in [0.5, 0.6) is 0 Å². The summed E-state index contributed by atoms with van der Waals surface area (Å²) in [6.45, 7) is 11.8. The third-order valence-electron chi connectivity index (χ3n) is 4.01. The van der Waals surface area contributed by atoms with Crippen LogP contribution in [0.1, 0.15) is 53.9 Å². The number of hydrogen-bond acceptors (Lipinski definition) is 3. The van der Waals surface area contributed by atoms with Crippen molar-refractivity contribution in [3.05, 3.63) is 0 Å². The van der Waals surface area contributed by atoms with Gasteiger partial charge < -0.3 is 15.2 Å². The van der Waals surface area contributed by atoms with Crippen molar-refractivity contribution in [2.24, 2.45) is 5.41 Å². The van der Waals surface area contributed by atoms with Crippen LogP contribution in [-0.2, 0) is 4.74 Å². The smallest absolute Gasteiger partial charge is 0.0637 e. The molecule has 0 spiro atoms. The molecule has 0 aromatic heterocycles. The van der Waals surface area contributed by atoms with Gasteiger partial charge in [-0.25, -0.2) is 0 Å². The molecule has 0 heterocycles. The van der Waals surface area contributed by atoms with Crippen molar-refractivity contribution in [1.29, 1.82) is 0 Å². The monoisotopic (exact) mass is 245 g/mol. The predicted molar refractivity (Wildman–Crippen MR) is 73.3 cm³/mol. The Morgan fingerprint density at radius 2 is 1.76 bits per heavy atom. The van der Waals surface area contributed by atoms with Crippen molar-refractivity contribution in [3.63, 3.8) is 0 Å². The van der Waals surface area contributed by atoms with Gasteiger partial charge in [0.1, 0.15) is 0 Å². The van der Waals surface area contributed by atoms with Gasteiger partial charge in [-0.2, -0.15) is 0 Å². The van der Waals surface area contributed by atoms with E-state index in [1.165, 1.54) is 0 Å². The lowest BCUT2D eigenvalue weighted by atomic mass is 9.83. The largest absolute Gasteiger partial charge is 0.396 e. The minimum absolute atomic E-state index is 0.0332. The molecule has 0 aliphatic rings. The van der Waals surface area contributed by atoms with Crippen molar-refractivity contribution in [3.8, 4) is 0 Å². The van der Waals surface area contributed by atoms with Gasteiger partial charge in [-0.1, -0.05) is 13.8 Å². The first-order chi connectivity index (χ1) is 7.84. The second-order valence-corrected chi connectivity index (χ2v) is 5.82. The van der Waals surface area contributed by atoms with E-state index in [2.05, 4.69) is 39.9 Å². The molecule has 1 atom stereocenters. The van der Waals surface area contributed by atoms with Gasteiger partial charge in [0.05, 0.1) is 5.60 Å². The number of rotatable bonds is 9. The summed E-state index contributed by atoms with van der Waals surface area (Å²) in [5, 5.41) is 13.0. The topological polar surface area (TPSA) is 41.5 Å². The Morgan fingerprint density at radius 1 is 1.24 bits per heavy atom. The Morgan fingerprint density at radius 3 is 2.12 bits per heavy atom. The molecule has 0 aromatic carbocycles. The Bertz CT molecular complexity index is 192. The highest BCUT2D eigenvalue weighted by Gasteiger charge is 2.27. The molecule has 0 aliphatic carbocycles. The number of methoxy groups -OCH3 is 1. The van der Waals surface area contributed by atoms with Gasteiger partial charge in [-0.3, -0.25) is 0 Å². The van der Waals surface area contributed by atoms with Crippen LogP contribution in [0.25, 0.3) is 0 Å². The first kappa shape index (κ1) is 16.9. The van der Waals surface area contributed by atoms with Crippen molar-refractivity contribution in [1.82, 2.24) is 5.32 Å². The van der Waals surface area contributed by atoms with E-state index in [0.717, 1.165) is 25.8 Å². The van der Waals surface area contributed by atoms with Gasteiger partial charge in [-0.15, -0.1) is 0 Å². The molecule has 0 aliphatic heterocycles. The minimum atomic E-state index is -0.0906. The third-order valence-corrected chi connectivity index (χ3v) is 4.01. The van der Waals surface area contributed by atoms with Crippen molar-refractivity contribution in [2.45, 2.75) is 65.5 Å². The molecule has 0 saturated heterocycles. The maximum Gasteiger partial charge on any atom is 0.0637 e. The van der Waals surface area contributed by atoms with Crippen molar-refractivity contribution in [2.75, 3.05) is 20.3 Å². The zero-order valence-corrected chi connectivity index (χ0v) is 12.5. The zero-order chi connectivity index (χ0) is 13.5. The predicted octanol–water partition coefficient (Wildman–Crippen LogP) is 2.58. The number of nitrogens with one attached hydrogen (secondary N) is 1. The number of aliphatic hydroxyl groups is 1. The summed E-state index contributed by atoms with van der Waals surface area (Å²) in [5.74, 6) is 0. The SMILES string of the molecule is CCC(CC)(CO)CNC(C)CC(C)(C)OC. The summed E-state index contributed by atoms with van der Waals surface area (Å²) in [4.78, 5) is 0. The number of aliphatic hydroxyl groups excluding tert-OH is 1. The zero-order valence-electron chi connectivity index (χ0n) is 12.5. The highest BCUT2D eigenvalue weighted by Crippen LogP contribution is 2.25. The summed E-state index contributed by atoms with van der Waals surface area (Å²) in [6.07, 6.45) is 2.99. The fourth-order valence-corrected chi connectivity index (χ4v) is 2.06. The Labute approximate surface area is 107 Å². The van der Waals surface area contributed by atoms with E-state index >= 15 is 0 Å². The molecular formula is C14H31NO2. The van der Waals surface area contributed by atoms with E-state index in [9.17, 15) is 5.11 Å². The lowest BCUT2D eigenvalue weighted by molar-refractivity contribution is 0.00669. The summed E-state index contributed by atoms with van der Waals surface area (Å²) in [6, 6.07) is 0.397. The average Bonchev–Trinajstić information content (AvgIpc) is 2.31. The summed E-state index contributed by atoms with van der Waals surface area (Å²) in [7, 11) is 1.75. The molecule has 0 amide bonds. The van der Waals surface area contributed by atoms with Gasteiger partial charge in [0.25, 0.3) is 0 Å². The summed E-state index contributed by atoms with van der Waals surface area (Å²) >= 11 is 0. The quantitative estimate of drug-likeness (QED) is 0.656. The first-order valence-electron chi connectivity index (χ1n) is 6.74. The number of ether oxygens (including phenoxy) is 1. The molecule has 0 radical (unpaired) electrons. The van der Waals surface area contributed by atoms with Gasteiger partial charge in [0.2, 0.25) is 0 Å². The maximum atomic E-state index is 9.50. The minimum Gasteiger partial charge on any atom is -0.396 e. The van der Waals surface area contributed by atoms with Gasteiger partial charge >= 0.3 is 0 Å². The molecule has 0 bridgehead atoms. The standard InChI is InChI=1S/C14H31NO2/c1-7-14(8-2,11-16)10-15-12(3)9-13(4,5)17-6/h12,15-16H,7-11H2,1-6H3. The molecule has 3 nitrogen and oxygen atoms in total. The van der Waals surface area contributed by atoms with Crippen LogP contribution in [-0.4, -0.2) is 37.0 Å². The maximum absolute atomic E-state index is 9.50. The fraction of sp³-hybridized carbons (Fsp3) is 1.00. The number of hydrogen-bond donors (Lipinski definition) is 2. The fourth-order valence-electron chi connectivity index (χ4n) is 2.06. The third kappa shape index (κ3) is 5.84. The molecule has 104 valence electrons. The van der Waals surface area contributed by atoms with E-state index in [0.29, 0.717) is 6.04 Å². The molecule has 17 heavy (non-hydrogen) atoms.